The number of aromatic amines is 1. The minimum atomic E-state index is -0.630. The summed E-state index contributed by atoms with van der Waals surface area (Å²) in [5, 5.41) is 5.55. The third-order valence-electron chi connectivity index (χ3n) is 7.68. The minimum Gasteiger partial charge on any atom is -0.453 e. The molecule has 1 aromatic carbocycles. The summed E-state index contributed by atoms with van der Waals surface area (Å²) in [7, 11) is 2.90. The molecule has 2 aromatic heterocycles. The number of nitrogens with zero attached hydrogens (tertiary/aromatic N) is 4. The van der Waals surface area contributed by atoms with Crippen LogP contribution in [0.2, 0.25) is 5.02 Å². The van der Waals surface area contributed by atoms with Crippen LogP contribution in [0.25, 0.3) is 11.3 Å². The normalized spacial score (nSPS) is 21.3. The van der Waals surface area contributed by atoms with Crippen LogP contribution in [0.15, 0.2) is 36.7 Å². The van der Waals surface area contributed by atoms with Gasteiger partial charge in [-0.05, 0) is 43.5 Å². The van der Waals surface area contributed by atoms with Crippen LogP contribution in [0.4, 0.5) is 25.4 Å². The number of anilines is 2. The lowest BCUT2D eigenvalue weighted by Crippen LogP contribution is -2.50. The first kappa shape index (κ1) is 28.3. The molecule has 11 nitrogen and oxygen atoms in total. The molecule has 5 rings (SSSR count). The summed E-state index contributed by atoms with van der Waals surface area (Å²) < 4.78 is 19.4. The summed E-state index contributed by atoms with van der Waals surface area (Å²) in [5.41, 5.74) is 2.29. The molecule has 3 aromatic rings. The van der Waals surface area contributed by atoms with E-state index >= 15 is 0 Å². The number of ether oxygens (including phenoxy) is 1. The molecule has 4 heterocycles. The molecular formula is C28H31ClFN7O4. The number of aromatic nitrogens is 3. The summed E-state index contributed by atoms with van der Waals surface area (Å²) >= 11 is 5.98. The van der Waals surface area contributed by atoms with Crippen molar-refractivity contribution in [3.63, 3.8) is 0 Å². The fourth-order valence-electron chi connectivity index (χ4n) is 5.37. The van der Waals surface area contributed by atoms with Gasteiger partial charge in [-0.1, -0.05) is 24.9 Å². The fraction of sp³-hybridized carbons (Fsp3) is 0.393. The van der Waals surface area contributed by atoms with E-state index in [1.54, 1.807) is 36.3 Å². The number of rotatable bonds is 3. The van der Waals surface area contributed by atoms with E-state index in [1.165, 1.54) is 24.3 Å². The fourth-order valence-corrected chi connectivity index (χ4v) is 5.52. The maximum absolute atomic E-state index is 14.8. The van der Waals surface area contributed by atoms with Crippen LogP contribution < -0.4 is 10.6 Å². The molecule has 41 heavy (non-hydrogen) atoms. The molecule has 2 bridgehead atoms. The number of hydrogen-bond acceptors (Lipinski definition) is 6. The number of carbonyl (C=O) groups excluding carboxylic acids is 3. The number of benzene rings is 1. The number of carbonyl (C=O) groups is 3. The predicted molar refractivity (Wildman–Crippen MR) is 151 cm³/mol. The molecule has 3 atom stereocenters. The van der Waals surface area contributed by atoms with Crippen LogP contribution in [0.1, 0.15) is 56.2 Å². The molecule has 2 aliphatic heterocycles. The third-order valence-corrected chi connectivity index (χ3v) is 7.97. The van der Waals surface area contributed by atoms with Gasteiger partial charge >= 0.3 is 12.1 Å². The highest BCUT2D eigenvalue weighted by atomic mass is 35.5. The van der Waals surface area contributed by atoms with Crippen molar-refractivity contribution >= 4 is 41.0 Å². The zero-order chi connectivity index (χ0) is 29.3. The summed E-state index contributed by atoms with van der Waals surface area (Å²) in [5.74, 6) is -0.482. The average molecular weight is 584 g/mol. The van der Waals surface area contributed by atoms with Crippen LogP contribution in [0, 0.1) is 11.7 Å². The van der Waals surface area contributed by atoms with Crippen molar-refractivity contribution in [2.24, 2.45) is 5.92 Å². The Labute approximate surface area is 241 Å². The van der Waals surface area contributed by atoms with E-state index < -0.39 is 24.0 Å². The molecule has 0 spiro atoms. The zero-order valence-corrected chi connectivity index (χ0v) is 23.7. The first-order valence-electron chi connectivity index (χ1n) is 13.4. The lowest BCUT2D eigenvalue weighted by atomic mass is 9.97. The standard InChI is InChI=1S/C28H31ClFN7O4/c1-15-5-4-6-22(37-12-10-21(36(2)28(37)40)24-23(30)18(29)9-11-31-24)25-32-14-20(34-25)17-8-7-16(33-27(39)41-3)13-19(17)35-26(15)38/h7-9,11,13-15,21-22H,4-6,10,12H2,1-3H3,(H,32,34)(H,33,39)(H,35,38)/t15-,21+,22+/m1/s1. The summed E-state index contributed by atoms with van der Waals surface area (Å²) in [6.07, 6.45) is 4.81. The van der Waals surface area contributed by atoms with Gasteiger partial charge in [0.2, 0.25) is 5.91 Å². The highest BCUT2D eigenvalue weighted by Gasteiger charge is 2.39. The highest BCUT2D eigenvalue weighted by molar-refractivity contribution is 6.30. The van der Waals surface area contributed by atoms with Crippen LogP contribution in [-0.4, -0.2) is 63.5 Å². The minimum absolute atomic E-state index is 0.0349. The molecule has 3 N–H and O–H groups in total. The Morgan fingerprint density at radius 2 is 2.00 bits per heavy atom. The average Bonchev–Trinajstić information content (AvgIpc) is 3.44. The monoisotopic (exact) mass is 583 g/mol. The second-order valence-corrected chi connectivity index (χ2v) is 10.7. The van der Waals surface area contributed by atoms with E-state index in [1.807, 2.05) is 6.92 Å². The number of methoxy groups -OCH3 is 1. The van der Waals surface area contributed by atoms with Gasteiger partial charge in [0, 0.05) is 43.2 Å². The van der Waals surface area contributed by atoms with Crippen LogP contribution in [0.3, 0.4) is 0 Å². The second-order valence-electron chi connectivity index (χ2n) is 10.3. The van der Waals surface area contributed by atoms with E-state index in [9.17, 15) is 18.8 Å². The van der Waals surface area contributed by atoms with Crippen molar-refractivity contribution in [3.8, 4) is 11.3 Å². The molecule has 0 radical (unpaired) electrons. The Hall–Kier alpha value is -4.19. The molecule has 0 aliphatic carbocycles. The van der Waals surface area contributed by atoms with Gasteiger partial charge in [0.1, 0.15) is 11.5 Å². The highest BCUT2D eigenvalue weighted by Crippen LogP contribution is 2.38. The van der Waals surface area contributed by atoms with Gasteiger partial charge in [-0.15, -0.1) is 0 Å². The van der Waals surface area contributed by atoms with Crippen molar-refractivity contribution in [2.45, 2.75) is 44.7 Å². The Morgan fingerprint density at radius 3 is 2.78 bits per heavy atom. The maximum Gasteiger partial charge on any atom is 0.411 e. The topological polar surface area (TPSA) is 133 Å². The Balaban J connectivity index is 1.47. The van der Waals surface area contributed by atoms with Gasteiger partial charge in [0.05, 0.1) is 35.6 Å². The maximum atomic E-state index is 14.8. The molecule has 1 fully saturated rings. The van der Waals surface area contributed by atoms with Crippen molar-refractivity contribution in [1.82, 2.24) is 24.8 Å². The van der Waals surface area contributed by atoms with E-state index in [0.29, 0.717) is 60.7 Å². The molecule has 1 saturated heterocycles. The number of amides is 4. The summed E-state index contributed by atoms with van der Waals surface area (Å²) in [4.78, 5) is 54.0. The van der Waals surface area contributed by atoms with Gasteiger partial charge in [-0.2, -0.15) is 0 Å². The Bertz CT molecular complexity index is 1480. The van der Waals surface area contributed by atoms with E-state index in [0.717, 1.165) is 0 Å². The largest absolute Gasteiger partial charge is 0.453 e. The van der Waals surface area contributed by atoms with E-state index in [2.05, 4.69) is 25.3 Å². The molecule has 0 unspecified atom stereocenters. The van der Waals surface area contributed by atoms with Gasteiger partial charge in [-0.25, -0.2) is 19.0 Å². The number of hydrogen-bond donors (Lipinski definition) is 3. The number of H-pyrrole nitrogens is 1. The third kappa shape index (κ3) is 5.69. The molecular weight excluding hydrogens is 553 g/mol. The Kier molecular flexibility index (Phi) is 8.11. The second kappa shape index (κ2) is 11.7. The van der Waals surface area contributed by atoms with Crippen molar-refractivity contribution in [3.05, 3.63) is 59.0 Å². The molecule has 0 saturated carbocycles. The van der Waals surface area contributed by atoms with Crippen molar-refractivity contribution in [1.29, 1.82) is 0 Å². The van der Waals surface area contributed by atoms with Crippen molar-refractivity contribution < 1.29 is 23.5 Å². The predicted octanol–water partition coefficient (Wildman–Crippen LogP) is 5.74. The number of urea groups is 1. The molecule has 2 aliphatic rings. The quantitative estimate of drug-likeness (QED) is 0.360. The number of pyridine rings is 1. The Morgan fingerprint density at radius 1 is 1.20 bits per heavy atom. The van der Waals surface area contributed by atoms with Crippen LogP contribution in [-0.2, 0) is 9.53 Å². The molecule has 13 heteroatoms. The molecule has 4 amide bonds. The van der Waals surface area contributed by atoms with E-state index in [4.69, 9.17) is 16.6 Å². The zero-order valence-electron chi connectivity index (χ0n) is 22.9. The summed E-state index contributed by atoms with van der Waals surface area (Å²) in [6.45, 7) is 2.21. The van der Waals surface area contributed by atoms with Crippen molar-refractivity contribution in [2.75, 3.05) is 31.3 Å². The van der Waals surface area contributed by atoms with Crippen LogP contribution in [0.5, 0.6) is 0 Å². The molecule has 216 valence electrons. The first-order valence-corrected chi connectivity index (χ1v) is 13.7. The number of halogens is 2. The van der Waals surface area contributed by atoms with Crippen LogP contribution >= 0.6 is 11.6 Å². The summed E-state index contributed by atoms with van der Waals surface area (Å²) in [6, 6.07) is 5.25. The number of imidazole rings is 1. The van der Waals surface area contributed by atoms with Gasteiger partial charge in [-0.3, -0.25) is 15.1 Å². The lowest BCUT2D eigenvalue weighted by molar-refractivity contribution is -0.119. The van der Waals surface area contributed by atoms with Gasteiger partial charge < -0.3 is 24.8 Å². The number of fused-ring (bicyclic) bond motifs is 4. The smallest absolute Gasteiger partial charge is 0.411 e. The van der Waals surface area contributed by atoms with Gasteiger partial charge in [0.15, 0.2) is 5.82 Å². The number of nitrogens with one attached hydrogen (secondary N) is 3. The van der Waals surface area contributed by atoms with Gasteiger partial charge in [0.25, 0.3) is 0 Å². The SMILES string of the molecule is COC(=O)Nc1ccc2c(c1)NC(=O)[C@H](C)CCC[C@H](N1CC[C@@H](c3nccc(Cl)c3F)N(C)C1=O)c1nc-2c[nH]1. The first-order chi connectivity index (χ1) is 19.7. The van der Waals surface area contributed by atoms with E-state index in [-0.39, 0.29) is 28.6 Å². The lowest BCUT2D eigenvalue weighted by Gasteiger charge is -2.42.